The number of thioether (sulfide) groups is 1. The lowest BCUT2D eigenvalue weighted by molar-refractivity contribution is -0.115. The van der Waals surface area contributed by atoms with Crippen LogP contribution in [0.1, 0.15) is 12.5 Å². The minimum Gasteiger partial charge on any atom is -0.378 e. The monoisotopic (exact) mass is 441 g/mol. The lowest BCUT2D eigenvalue weighted by Gasteiger charge is -2.28. The summed E-state index contributed by atoms with van der Waals surface area (Å²) in [7, 11) is 0. The maximum Gasteiger partial charge on any atom is 0.237 e. The van der Waals surface area contributed by atoms with Crippen molar-refractivity contribution in [1.82, 2.24) is 14.8 Å². The fourth-order valence-electron chi connectivity index (χ4n) is 3.32. The Labute approximate surface area is 184 Å². The average molecular weight is 442 g/mol. The van der Waals surface area contributed by atoms with E-state index in [4.69, 9.17) is 4.74 Å². The molecule has 0 saturated carbocycles. The smallest absolute Gasteiger partial charge is 0.237 e. The fraction of sp³-hybridized carbons (Fsp3) is 0.318. The van der Waals surface area contributed by atoms with Crippen LogP contribution in [-0.2, 0) is 9.53 Å². The molecule has 3 aromatic rings. The normalized spacial score (nSPS) is 15.0. The molecule has 1 aliphatic rings. The highest BCUT2D eigenvalue weighted by molar-refractivity contribution is 8.00. The summed E-state index contributed by atoms with van der Waals surface area (Å²) < 4.78 is 20.9. The molecule has 0 spiro atoms. The number of carbonyl (C=O) groups excluding carboxylic acids is 1. The summed E-state index contributed by atoms with van der Waals surface area (Å²) >= 11 is 1.31. The minimum absolute atomic E-state index is 0.234. The molecular formula is C22H24FN5O2S. The topological polar surface area (TPSA) is 72.3 Å². The van der Waals surface area contributed by atoms with E-state index < -0.39 is 11.1 Å². The van der Waals surface area contributed by atoms with Crippen LogP contribution in [0.5, 0.6) is 0 Å². The van der Waals surface area contributed by atoms with Gasteiger partial charge >= 0.3 is 0 Å². The van der Waals surface area contributed by atoms with Gasteiger partial charge in [0, 0.05) is 18.8 Å². The number of anilines is 2. The van der Waals surface area contributed by atoms with Gasteiger partial charge in [0.2, 0.25) is 11.9 Å². The van der Waals surface area contributed by atoms with Crippen molar-refractivity contribution in [3.05, 3.63) is 59.9 Å². The number of nitrogens with one attached hydrogen (secondary N) is 1. The molecular weight excluding hydrogens is 417 g/mol. The SMILES string of the molecule is Cc1cccc(-n2c(SC(C)C(=O)Nc3cccc(F)c3)nnc2N2CCOCC2)c1. The largest absolute Gasteiger partial charge is 0.378 e. The van der Waals surface area contributed by atoms with Crippen LogP contribution >= 0.6 is 11.8 Å². The van der Waals surface area contributed by atoms with E-state index in [0.29, 0.717) is 24.1 Å². The summed E-state index contributed by atoms with van der Waals surface area (Å²) in [5, 5.41) is 11.7. The number of nitrogens with zero attached hydrogens (tertiary/aromatic N) is 4. The van der Waals surface area contributed by atoms with Crippen molar-refractivity contribution in [2.75, 3.05) is 36.5 Å². The molecule has 2 aromatic carbocycles. The first-order valence-corrected chi connectivity index (χ1v) is 11.0. The van der Waals surface area contributed by atoms with Gasteiger partial charge in [-0.15, -0.1) is 10.2 Å². The highest BCUT2D eigenvalue weighted by Gasteiger charge is 2.25. The van der Waals surface area contributed by atoms with Crippen molar-refractivity contribution in [3.8, 4) is 5.69 Å². The third kappa shape index (κ3) is 5.05. The molecule has 162 valence electrons. The van der Waals surface area contributed by atoms with Crippen LogP contribution in [-0.4, -0.2) is 52.2 Å². The van der Waals surface area contributed by atoms with Gasteiger partial charge in [-0.05, 0) is 49.7 Å². The minimum atomic E-state index is -0.464. The Hall–Kier alpha value is -2.91. The van der Waals surface area contributed by atoms with Crippen LogP contribution in [0.15, 0.2) is 53.7 Å². The van der Waals surface area contributed by atoms with E-state index in [0.717, 1.165) is 30.3 Å². The molecule has 1 aliphatic heterocycles. The number of carbonyl (C=O) groups is 1. The van der Waals surface area contributed by atoms with E-state index in [2.05, 4.69) is 26.5 Å². The number of ether oxygens (including phenoxy) is 1. The molecule has 0 aliphatic carbocycles. The number of halogens is 1. The van der Waals surface area contributed by atoms with E-state index in [-0.39, 0.29) is 5.91 Å². The number of hydrogen-bond acceptors (Lipinski definition) is 6. The molecule has 0 radical (unpaired) electrons. The second-order valence-electron chi connectivity index (χ2n) is 7.32. The Bertz CT molecular complexity index is 1070. The molecule has 1 saturated heterocycles. The highest BCUT2D eigenvalue weighted by Crippen LogP contribution is 2.30. The van der Waals surface area contributed by atoms with Crippen molar-refractivity contribution in [3.63, 3.8) is 0 Å². The second kappa shape index (κ2) is 9.49. The standard InChI is InChI=1S/C22H24FN5O2S/c1-15-5-3-8-19(13-15)28-21(27-9-11-30-12-10-27)25-26-22(28)31-16(2)20(29)24-18-7-4-6-17(23)14-18/h3-8,13-14,16H,9-12H2,1-2H3,(H,24,29). The molecule has 1 unspecified atom stereocenters. The van der Waals surface area contributed by atoms with Crippen molar-refractivity contribution in [2.45, 2.75) is 24.3 Å². The van der Waals surface area contributed by atoms with Crippen LogP contribution < -0.4 is 10.2 Å². The highest BCUT2D eigenvalue weighted by atomic mass is 32.2. The lowest BCUT2D eigenvalue weighted by Crippen LogP contribution is -2.38. The maximum absolute atomic E-state index is 13.4. The molecule has 4 rings (SSSR count). The number of amides is 1. The van der Waals surface area contributed by atoms with Crippen LogP contribution in [0, 0.1) is 12.7 Å². The first-order valence-electron chi connectivity index (χ1n) is 10.1. The third-order valence-electron chi connectivity index (χ3n) is 4.91. The first kappa shape index (κ1) is 21.3. The number of aryl methyl sites for hydroxylation is 1. The summed E-state index contributed by atoms with van der Waals surface area (Å²) in [6.07, 6.45) is 0. The van der Waals surface area contributed by atoms with E-state index in [9.17, 15) is 9.18 Å². The Morgan fingerprint density at radius 3 is 2.68 bits per heavy atom. The molecule has 1 N–H and O–H groups in total. The third-order valence-corrected chi connectivity index (χ3v) is 5.96. The van der Waals surface area contributed by atoms with E-state index in [1.165, 1.54) is 23.9 Å². The van der Waals surface area contributed by atoms with Crippen molar-refractivity contribution >= 4 is 29.3 Å². The molecule has 9 heteroatoms. The Morgan fingerprint density at radius 1 is 1.16 bits per heavy atom. The van der Waals surface area contributed by atoms with Crippen molar-refractivity contribution in [1.29, 1.82) is 0 Å². The van der Waals surface area contributed by atoms with Gasteiger partial charge in [0.25, 0.3) is 0 Å². The number of benzene rings is 2. The fourth-order valence-corrected chi connectivity index (χ4v) is 4.18. The van der Waals surface area contributed by atoms with E-state index >= 15 is 0 Å². The van der Waals surface area contributed by atoms with Crippen molar-refractivity contribution < 1.29 is 13.9 Å². The second-order valence-corrected chi connectivity index (χ2v) is 8.62. The molecule has 1 aromatic heterocycles. The molecule has 1 atom stereocenters. The summed E-state index contributed by atoms with van der Waals surface area (Å²) in [6, 6.07) is 13.9. The lowest BCUT2D eigenvalue weighted by atomic mass is 10.2. The molecule has 0 bridgehead atoms. The van der Waals surface area contributed by atoms with Gasteiger partial charge in [0.05, 0.1) is 24.2 Å². The Balaban J connectivity index is 1.60. The van der Waals surface area contributed by atoms with Gasteiger partial charge in [-0.25, -0.2) is 4.39 Å². The molecule has 2 heterocycles. The summed E-state index contributed by atoms with van der Waals surface area (Å²) in [6.45, 7) is 6.55. The average Bonchev–Trinajstić information content (AvgIpc) is 3.18. The zero-order chi connectivity index (χ0) is 21.8. The number of aromatic nitrogens is 3. The Morgan fingerprint density at radius 2 is 1.94 bits per heavy atom. The molecule has 7 nitrogen and oxygen atoms in total. The number of rotatable bonds is 6. The molecule has 1 amide bonds. The predicted molar refractivity (Wildman–Crippen MR) is 119 cm³/mol. The van der Waals surface area contributed by atoms with Gasteiger partial charge < -0.3 is 15.0 Å². The van der Waals surface area contributed by atoms with Gasteiger partial charge in [0.15, 0.2) is 5.16 Å². The zero-order valence-electron chi connectivity index (χ0n) is 17.4. The van der Waals surface area contributed by atoms with Crippen LogP contribution in [0.2, 0.25) is 0 Å². The number of morpholine rings is 1. The van der Waals surface area contributed by atoms with Gasteiger partial charge in [-0.2, -0.15) is 0 Å². The predicted octanol–water partition coefficient (Wildman–Crippen LogP) is 3.67. The Kier molecular flexibility index (Phi) is 6.53. The summed E-state index contributed by atoms with van der Waals surface area (Å²) in [4.78, 5) is 14.8. The quantitative estimate of drug-likeness (QED) is 0.589. The van der Waals surface area contributed by atoms with Gasteiger partial charge in [-0.1, -0.05) is 30.0 Å². The number of hydrogen-bond donors (Lipinski definition) is 1. The van der Waals surface area contributed by atoms with Gasteiger partial charge in [-0.3, -0.25) is 9.36 Å². The first-order chi connectivity index (χ1) is 15.0. The summed E-state index contributed by atoms with van der Waals surface area (Å²) in [5.41, 5.74) is 2.48. The van der Waals surface area contributed by atoms with Crippen LogP contribution in [0.25, 0.3) is 5.69 Å². The summed E-state index contributed by atoms with van der Waals surface area (Å²) in [5.74, 6) is 0.101. The van der Waals surface area contributed by atoms with Crippen LogP contribution in [0.3, 0.4) is 0 Å². The maximum atomic E-state index is 13.4. The molecule has 1 fully saturated rings. The van der Waals surface area contributed by atoms with E-state index in [1.807, 2.05) is 29.7 Å². The van der Waals surface area contributed by atoms with E-state index in [1.54, 1.807) is 19.1 Å². The zero-order valence-corrected chi connectivity index (χ0v) is 18.2. The van der Waals surface area contributed by atoms with Gasteiger partial charge in [0.1, 0.15) is 5.82 Å². The van der Waals surface area contributed by atoms with Crippen molar-refractivity contribution in [2.24, 2.45) is 0 Å². The molecule has 31 heavy (non-hydrogen) atoms. The van der Waals surface area contributed by atoms with Crippen LogP contribution in [0.4, 0.5) is 16.0 Å².